The maximum absolute atomic E-state index is 12.9. The van der Waals surface area contributed by atoms with Crippen LogP contribution in [0.15, 0.2) is 41.4 Å². The number of likely N-dealkylation sites (tertiary alicyclic amines) is 1. The van der Waals surface area contributed by atoms with Crippen LogP contribution in [0, 0.1) is 0 Å². The van der Waals surface area contributed by atoms with Crippen LogP contribution in [0.5, 0.6) is 0 Å². The first-order valence-corrected chi connectivity index (χ1v) is 9.03. The lowest BCUT2D eigenvalue weighted by Crippen LogP contribution is -2.44. The number of rotatable bonds is 3. The molecule has 1 saturated heterocycles. The van der Waals surface area contributed by atoms with E-state index in [1.165, 1.54) is 11.8 Å². The third-order valence-corrected chi connectivity index (χ3v) is 5.60. The molecule has 124 valence electrons. The smallest absolute Gasteiger partial charge is 0.243 e. The molecule has 0 spiro atoms. The maximum atomic E-state index is 12.9. The number of carbonyl (C=O) groups excluding carboxylic acids is 2. The Bertz CT molecular complexity index is 762. The molecule has 2 amide bonds. The summed E-state index contributed by atoms with van der Waals surface area (Å²) in [5, 5.41) is 6.95. The van der Waals surface area contributed by atoms with Gasteiger partial charge >= 0.3 is 0 Å². The fourth-order valence-electron chi connectivity index (χ4n) is 3.39. The summed E-state index contributed by atoms with van der Waals surface area (Å²) >= 11 is 1.53. The van der Waals surface area contributed by atoms with E-state index >= 15 is 0 Å². The summed E-state index contributed by atoms with van der Waals surface area (Å²) in [6, 6.07) is 9.70. The van der Waals surface area contributed by atoms with Gasteiger partial charge in [-0.1, -0.05) is 12.1 Å². The molecule has 2 aromatic rings. The normalized spacial score (nSPS) is 20.3. The van der Waals surface area contributed by atoms with E-state index in [0.29, 0.717) is 5.75 Å². The van der Waals surface area contributed by atoms with Crippen LogP contribution in [0.1, 0.15) is 24.6 Å². The van der Waals surface area contributed by atoms with E-state index in [2.05, 4.69) is 10.2 Å². The van der Waals surface area contributed by atoms with Crippen LogP contribution in [0.3, 0.4) is 0 Å². The molecule has 1 aromatic heterocycles. The first-order valence-electron chi connectivity index (χ1n) is 8.05. The SMILES string of the molecule is O=C1CSc2ccccc2N1CC(=O)N1CCCC1c1ccn[nH]1. The molecule has 3 heterocycles. The van der Waals surface area contributed by atoms with Gasteiger partial charge in [0.15, 0.2) is 0 Å². The number of thioether (sulfide) groups is 1. The Kier molecular flexibility index (Phi) is 4.02. The number of aromatic nitrogens is 2. The van der Waals surface area contributed by atoms with Gasteiger partial charge in [-0.05, 0) is 31.0 Å². The number of nitrogens with zero attached hydrogens (tertiary/aromatic N) is 3. The third-order valence-electron chi connectivity index (χ3n) is 4.56. The molecule has 4 rings (SSSR count). The van der Waals surface area contributed by atoms with Crippen molar-refractivity contribution in [2.45, 2.75) is 23.8 Å². The number of carbonyl (C=O) groups is 2. The summed E-state index contributed by atoms with van der Waals surface area (Å²) < 4.78 is 0. The van der Waals surface area contributed by atoms with E-state index < -0.39 is 0 Å². The largest absolute Gasteiger partial charge is 0.333 e. The lowest BCUT2D eigenvalue weighted by atomic mass is 10.1. The van der Waals surface area contributed by atoms with Gasteiger partial charge in [0.05, 0.1) is 23.2 Å². The van der Waals surface area contributed by atoms with Gasteiger partial charge in [0, 0.05) is 17.6 Å². The van der Waals surface area contributed by atoms with E-state index in [-0.39, 0.29) is 24.4 Å². The van der Waals surface area contributed by atoms with E-state index in [9.17, 15) is 9.59 Å². The minimum absolute atomic E-state index is 0.00987. The fourth-order valence-corrected chi connectivity index (χ4v) is 4.33. The van der Waals surface area contributed by atoms with Gasteiger partial charge in [-0.25, -0.2) is 0 Å². The molecule has 1 unspecified atom stereocenters. The number of hydrogen-bond donors (Lipinski definition) is 1. The molecule has 1 fully saturated rings. The van der Waals surface area contributed by atoms with Crippen molar-refractivity contribution in [1.82, 2.24) is 15.1 Å². The average Bonchev–Trinajstić information content (AvgIpc) is 3.28. The molecule has 6 nitrogen and oxygen atoms in total. The van der Waals surface area contributed by atoms with Crippen LogP contribution in [-0.4, -0.2) is 45.8 Å². The highest BCUT2D eigenvalue weighted by atomic mass is 32.2. The second-order valence-corrected chi connectivity index (χ2v) is 7.01. The van der Waals surface area contributed by atoms with Crippen LogP contribution in [0.4, 0.5) is 5.69 Å². The summed E-state index contributed by atoms with van der Waals surface area (Å²) in [7, 11) is 0. The number of nitrogens with one attached hydrogen (secondary N) is 1. The lowest BCUT2D eigenvalue weighted by Gasteiger charge is -2.31. The van der Waals surface area contributed by atoms with Crippen molar-refractivity contribution in [2.24, 2.45) is 0 Å². The molecule has 0 aliphatic carbocycles. The summed E-state index contributed by atoms with van der Waals surface area (Å²) in [5.41, 5.74) is 1.80. The van der Waals surface area contributed by atoms with Crippen LogP contribution >= 0.6 is 11.8 Å². The van der Waals surface area contributed by atoms with Gasteiger partial charge in [-0.2, -0.15) is 5.10 Å². The van der Waals surface area contributed by atoms with Crippen LogP contribution in [-0.2, 0) is 9.59 Å². The lowest BCUT2D eigenvalue weighted by molar-refractivity contribution is -0.132. The van der Waals surface area contributed by atoms with E-state index in [1.807, 2.05) is 35.2 Å². The predicted molar refractivity (Wildman–Crippen MR) is 91.8 cm³/mol. The van der Waals surface area contributed by atoms with Gasteiger partial charge in [0.1, 0.15) is 6.54 Å². The molecule has 2 aliphatic rings. The summed E-state index contributed by atoms with van der Waals surface area (Å²) in [6.45, 7) is 0.821. The molecule has 7 heteroatoms. The summed E-state index contributed by atoms with van der Waals surface area (Å²) in [5.74, 6) is 0.361. The minimum Gasteiger partial charge on any atom is -0.333 e. The Balaban J connectivity index is 1.55. The summed E-state index contributed by atoms with van der Waals surface area (Å²) in [4.78, 5) is 29.7. The first kappa shape index (κ1) is 15.3. The highest BCUT2D eigenvalue weighted by molar-refractivity contribution is 8.00. The molecular formula is C17H18N4O2S. The molecule has 1 atom stereocenters. The molecule has 2 aliphatic heterocycles. The van der Waals surface area contributed by atoms with Crippen molar-refractivity contribution in [3.63, 3.8) is 0 Å². The summed E-state index contributed by atoms with van der Waals surface area (Å²) in [6.07, 6.45) is 3.60. The first-order chi connectivity index (χ1) is 11.7. The zero-order valence-corrected chi connectivity index (χ0v) is 14.0. The zero-order chi connectivity index (χ0) is 16.5. The number of fused-ring (bicyclic) bond motifs is 1. The molecule has 0 radical (unpaired) electrons. The van der Waals surface area contributed by atoms with Gasteiger partial charge in [0.25, 0.3) is 0 Å². The van der Waals surface area contributed by atoms with Gasteiger partial charge in [-0.15, -0.1) is 11.8 Å². The van der Waals surface area contributed by atoms with Crippen molar-refractivity contribution in [3.05, 3.63) is 42.2 Å². The van der Waals surface area contributed by atoms with Crippen molar-refractivity contribution in [3.8, 4) is 0 Å². The Morgan fingerprint density at radius 2 is 2.21 bits per heavy atom. The number of benzene rings is 1. The second kappa shape index (κ2) is 6.32. The molecule has 24 heavy (non-hydrogen) atoms. The number of anilines is 1. The highest BCUT2D eigenvalue weighted by Gasteiger charge is 2.34. The second-order valence-electron chi connectivity index (χ2n) is 5.99. The number of amides is 2. The van der Waals surface area contributed by atoms with Crippen molar-refractivity contribution < 1.29 is 9.59 Å². The molecule has 0 bridgehead atoms. The number of H-pyrrole nitrogens is 1. The highest BCUT2D eigenvalue weighted by Crippen LogP contribution is 2.36. The molecule has 1 N–H and O–H groups in total. The van der Waals surface area contributed by atoms with E-state index in [1.54, 1.807) is 11.1 Å². The third kappa shape index (κ3) is 2.69. The average molecular weight is 342 g/mol. The van der Waals surface area contributed by atoms with Crippen molar-refractivity contribution in [1.29, 1.82) is 0 Å². The standard InChI is InChI=1S/C17H18N4O2S/c22-16(20-9-3-5-13(20)12-7-8-18-19-12)10-21-14-4-1-2-6-15(14)24-11-17(21)23/h1-2,4,6-8,13H,3,5,9-11H2,(H,18,19). The van der Waals surface area contributed by atoms with Crippen LogP contribution in [0.25, 0.3) is 0 Å². The Hall–Kier alpha value is -2.28. The van der Waals surface area contributed by atoms with Gasteiger partial charge in [0.2, 0.25) is 11.8 Å². The number of para-hydroxylation sites is 1. The zero-order valence-electron chi connectivity index (χ0n) is 13.1. The fraction of sp³-hybridized carbons (Fsp3) is 0.353. The number of aromatic amines is 1. The Morgan fingerprint density at radius 3 is 3.04 bits per heavy atom. The molecule has 1 aromatic carbocycles. The predicted octanol–water partition coefficient (Wildman–Crippen LogP) is 2.21. The topological polar surface area (TPSA) is 69.3 Å². The maximum Gasteiger partial charge on any atom is 0.243 e. The monoisotopic (exact) mass is 342 g/mol. The van der Waals surface area contributed by atoms with E-state index in [4.69, 9.17) is 0 Å². The van der Waals surface area contributed by atoms with Crippen LogP contribution < -0.4 is 4.90 Å². The molecule has 0 saturated carbocycles. The minimum atomic E-state index is -0.0119. The molecular weight excluding hydrogens is 324 g/mol. The van der Waals surface area contributed by atoms with Gasteiger partial charge in [-0.3, -0.25) is 14.7 Å². The quantitative estimate of drug-likeness (QED) is 0.928. The van der Waals surface area contributed by atoms with Crippen molar-refractivity contribution >= 4 is 29.3 Å². The Morgan fingerprint density at radius 1 is 1.33 bits per heavy atom. The van der Waals surface area contributed by atoms with Crippen molar-refractivity contribution in [2.75, 3.05) is 23.7 Å². The van der Waals surface area contributed by atoms with Gasteiger partial charge < -0.3 is 9.80 Å². The van der Waals surface area contributed by atoms with Crippen LogP contribution in [0.2, 0.25) is 0 Å². The Labute approximate surface area is 144 Å². The van der Waals surface area contributed by atoms with E-state index in [0.717, 1.165) is 35.7 Å². The number of hydrogen-bond acceptors (Lipinski definition) is 4.